The Labute approximate surface area is 94.2 Å². The largest absolute Gasteiger partial charge is 0.417 e. The summed E-state index contributed by atoms with van der Waals surface area (Å²) in [5, 5.41) is 8.53. The van der Waals surface area contributed by atoms with Crippen LogP contribution in [0.5, 0.6) is 0 Å². The molecule has 0 aliphatic heterocycles. The SMILES string of the molecule is N#Cc1ccc(C(F)(F)F)c(C(=O)CCl)c1. The number of hydrogen-bond donors (Lipinski definition) is 0. The number of nitriles is 1. The van der Waals surface area contributed by atoms with E-state index in [2.05, 4.69) is 0 Å². The average Bonchev–Trinajstić information content (AvgIpc) is 2.25. The molecule has 1 aromatic rings. The maximum atomic E-state index is 12.5. The molecule has 84 valence electrons. The molecule has 16 heavy (non-hydrogen) atoms. The minimum absolute atomic E-state index is 0.0125. The number of carbonyl (C=O) groups is 1. The Balaban J connectivity index is 3.40. The Hall–Kier alpha value is -1.54. The van der Waals surface area contributed by atoms with Gasteiger partial charge in [-0.15, -0.1) is 11.6 Å². The van der Waals surface area contributed by atoms with E-state index in [1.807, 2.05) is 0 Å². The topological polar surface area (TPSA) is 40.9 Å². The maximum absolute atomic E-state index is 12.5. The number of carbonyl (C=O) groups excluding carboxylic acids is 1. The highest BCUT2D eigenvalue weighted by Crippen LogP contribution is 2.32. The van der Waals surface area contributed by atoms with Crippen LogP contribution < -0.4 is 0 Å². The molecule has 6 heteroatoms. The smallest absolute Gasteiger partial charge is 0.293 e. The van der Waals surface area contributed by atoms with E-state index < -0.39 is 29.0 Å². The first-order valence-electron chi connectivity index (χ1n) is 4.10. The molecule has 0 aliphatic carbocycles. The molecule has 0 saturated heterocycles. The minimum atomic E-state index is -4.63. The summed E-state index contributed by atoms with van der Waals surface area (Å²) in [5.41, 5.74) is -1.65. The van der Waals surface area contributed by atoms with E-state index in [4.69, 9.17) is 16.9 Å². The van der Waals surface area contributed by atoms with E-state index in [9.17, 15) is 18.0 Å². The van der Waals surface area contributed by atoms with E-state index in [0.29, 0.717) is 6.07 Å². The average molecular weight is 248 g/mol. The van der Waals surface area contributed by atoms with Crippen LogP contribution in [0.15, 0.2) is 18.2 Å². The fourth-order valence-electron chi connectivity index (χ4n) is 1.16. The molecule has 0 aliphatic rings. The standard InChI is InChI=1S/C10H5ClF3NO/c11-4-9(16)7-3-6(5-15)1-2-8(7)10(12,13)14/h1-3H,4H2. The number of benzene rings is 1. The molecule has 0 saturated carbocycles. The van der Waals surface area contributed by atoms with Crippen molar-refractivity contribution in [2.24, 2.45) is 0 Å². The van der Waals surface area contributed by atoms with Gasteiger partial charge in [-0.2, -0.15) is 18.4 Å². The summed E-state index contributed by atoms with van der Waals surface area (Å²) in [7, 11) is 0. The number of halogens is 4. The van der Waals surface area contributed by atoms with Crippen molar-refractivity contribution in [1.82, 2.24) is 0 Å². The van der Waals surface area contributed by atoms with Crippen LogP contribution in [0.25, 0.3) is 0 Å². The zero-order chi connectivity index (χ0) is 12.3. The van der Waals surface area contributed by atoms with Crippen LogP contribution in [0.2, 0.25) is 0 Å². The number of alkyl halides is 4. The second-order valence-corrected chi connectivity index (χ2v) is 3.19. The fraction of sp³-hybridized carbons (Fsp3) is 0.200. The summed E-state index contributed by atoms with van der Waals surface area (Å²) in [5.74, 6) is -1.41. The van der Waals surface area contributed by atoms with Gasteiger partial charge in [0.05, 0.1) is 23.1 Å². The van der Waals surface area contributed by atoms with Gasteiger partial charge in [-0.25, -0.2) is 0 Å². The Morgan fingerprint density at radius 3 is 2.50 bits per heavy atom. The van der Waals surface area contributed by atoms with Gasteiger partial charge in [-0.05, 0) is 18.2 Å². The third-order valence-corrected chi connectivity index (χ3v) is 2.12. The van der Waals surface area contributed by atoms with Gasteiger partial charge >= 0.3 is 6.18 Å². The highest BCUT2D eigenvalue weighted by Gasteiger charge is 2.34. The molecule has 1 rings (SSSR count). The van der Waals surface area contributed by atoms with Gasteiger partial charge in [0.1, 0.15) is 0 Å². The van der Waals surface area contributed by atoms with Crippen molar-refractivity contribution in [2.45, 2.75) is 6.18 Å². The third-order valence-electron chi connectivity index (χ3n) is 1.88. The molecule has 0 radical (unpaired) electrons. The molecule has 1 aromatic carbocycles. The molecule has 0 amide bonds. The molecule has 0 bridgehead atoms. The maximum Gasteiger partial charge on any atom is 0.417 e. The molecule has 0 fully saturated rings. The Morgan fingerprint density at radius 2 is 2.06 bits per heavy atom. The lowest BCUT2D eigenvalue weighted by molar-refractivity contribution is -0.137. The molecule has 2 nitrogen and oxygen atoms in total. The molecule has 0 atom stereocenters. The molecular weight excluding hydrogens is 243 g/mol. The second-order valence-electron chi connectivity index (χ2n) is 2.93. The van der Waals surface area contributed by atoms with Gasteiger partial charge in [-0.1, -0.05) is 0 Å². The van der Waals surface area contributed by atoms with Crippen molar-refractivity contribution in [2.75, 3.05) is 5.88 Å². The summed E-state index contributed by atoms with van der Waals surface area (Å²) in [4.78, 5) is 11.2. The highest BCUT2D eigenvalue weighted by molar-refractivity contribution is 6.30. The van der Waals surface area contributed by atoms with Crippen molar-refractivity contribution in [1.29, 1.82) is 5.26 Å². The summed E-state index contributed by atoms with van der Waals surface area (Å²) >= 11 is 5.20. The minimum Gasteiger partial charge on any atom is -0.293 e. The number of rotatable bonds is 2. The normalized spacial score (nSPS) is 10.9. The fourth-order valence-corrected chi connectivity index (χ4v) is 1.31. The molecular formula is C10H5ClF3NO. The van der Waals surface area contributed by atoms with Crippen LogP contribution in [0.1, 0.15) is 21.5 Å². The van der Waals surface area contributed by atoms with Gasteiger partial charge in [-0.3, -0.25) is 4.79 Å². The van der Waals surface area contributed by atoms with Crippen LogP contribution in [0, 0.1) is 11.3 Å². The van der Waals surface area contributed by atoms with E-state index in [1.54, 1.807) is 6.07 Å². The number of Topliss-reactive ketones (excluding diaryl/α,β-unsaturated/α-hetero) is 1. The first-order valence-corrected chi connectivity index (χ1v) is 4.64. The molecule has 0 aromatic heterocycles. The van der Waals surface area contributed by atoms with Gasteiger partial charge < -0.3 is 0 Å². The molecule has 0 N–H and O–H groups in total. The molecule has 0 unspecified atom stereocenters. The van der Waals surface area contributed by atoms with Crippen molar-refractivity contribution < 1.29 is 18.0 Å². The number of hydrogen-bond acceptors (Lipinski definition) is 2. The Kier molecular flexibility index (Phi) is 3.55. The summed E-state index contributed by atoms with van der Waals surface area (Å²) in [6, 6.07) is 4.27. The lowest BCUT2D eigenvalue weighted by Gasteiger charge is -2.11. The molecule has 0 spiro atoms. The highest BCUT2D eigenvalue weighted by atomic mass is 35.5. The van der Waals surface area contributed by atoms with Crippen molar-refractivity contribution in [3.8, 4) is 6.07 Å². The number of nitrogens with zero attached hydrogens (tertiary/aromatic N) is 1. The van der Waals surface area contributed by atoms with Crippen molar-refractivity contribution in [3.05, 3.63) is 34.9 Å². The van der Waals surface area contributed by atoms with Gasteiger partial charge in [0.25, 0.3) is 0 Å². The lowest BCUT2D eigenvalue weighted by atomic mass is 10.0. The first-order chi connectivity index (χ1) is 7.40. The Bertz CT molecular complexity index is 462. The van der Waals surface area contributed by atoms with Crippen LogP contribution in [-0.2, 0) is 6.18 Å². The van der Waals surface area contributed by atoms with Crippen molar-refractivity contribution >= 4 is 17.4 Å². The van der Waals surface area contributed by atoms with E-state index in [1.165, 1.54) is 0 Å². The van der Waals surface area contributed by atoms with Crippen LogP contribution in [-0.4, -0.2) is 11.7 Å². The van der Waals surface area contributed by atoms with E-state index in [0.717, 1.165) is 12.1 Å². The summed E-state index contributed by atoms with van der Waals surface area (Å²) < 4.78 is 37.5. The number of ketones is 1. The third kappa shape index (κ3) is 2.52. The van der Waals surface area contributed by atoms with Crippen LogP contribution in [0.4, 0.5) is 13.2 Å². The predicted octanol–water partition coefficient (Wildman–Crippen LogP) is 3.00. The lowest BCUT2D eigenvalue weighted by Crippen LogP contribution is -2.14. The van der Waals surface area contributed by atoms with Gasteiger partial charge in [0, 0.05) is 5.56 Å². The second kappa shape index (κ2) is 4.54. The van der Waals surface area contributed by atoms with E-state index in [-0.39, 0.29) is 5.56 Å². The van der Waals surface area contributed by atoms with Gasteiger partial charge in [0.15, 0.2) is 5.78 Å². The van der Waals surface area contributed by atoms with Crippen LogP contribution >= 0.6 is 11.6 Å². The summed E-state index contributed by atoms with van der Waals surface area (Å²) in [6.45, 7) is 0. The Morgan fingerprint density at radius 1 is 1.44 bits per heavy atom. The zero-order valence-corrected chi connectivity index (χ0v) is 8.56. The van der Waals surface area contributed by atoms with Crippen molar-refractivity contribution in [3.63, 3.8) is 0 Å². The molecule has 0 heterocycles. The zero-order valence-electron chi connectivity index (χ0n) is 7.81. The predicted molar refractivity (Wildman–Crippen MR) is 51.2 cm³/mol. The quantitative estimate of drug-likeness (QED) is 0.595. The first kappa shape index (κ1) is 12.5. The van der Waals surface area contributed by atoms with E-state index >= 15 is 0 Å². The monoisotopic (exact) mass is 247 g/mol. The van der Waals surface area contributed by atoms with Gasteiger partial charge in [0.2, 0.25) is 0 Å². The summed E-state index contributed by atoms with van der Waals surface area (Å²) in [6.07, 6.45) is -4.63. The van der Waals surface area contributed by atoms with Crippen LogP contribution in [0.3, 0.4) is 0 Å².